The smallest absolute Gasteiger partial charge is 0.378 e. The highest BCUT2D eigenvalue weighted by Crippen LogP contribution is 2.55. The number of carbonyl (C=O) groups excluding carboxylic acids is 1. The van der Waals surface area contributed by atoms with Gasteiger partial charge in [-0.25, -0.2) is 4.39 Å². The van der Waals surface area contributed by atoms with Crippen molar-refractivity contribution in [2.75, 3.05) is 6.61 Å². The van der Waals surface area contributed by atoms with Crippen LogP contribution in [0.15, 0.2) is 0 Å². The van der Waals surface area contributed by atoms with Gasteiger partial charge in [0.25, 0.3) is 0 Å². The summed E-state index contributed by atoms with van der Waals surface area (Å²) in [7, 11) is 0. The molecule has 0 amide bonds. The number of halogens is 7. The van der Waals surface area contributed by atoms with Crippen LogP contribution in [0.25, 0.3) is 0 Å². The summed E-state index contributed by atoms with van der Waals surface area (Å²) in [5.41, 5.74) is 0. The minimum absolute atomic E-state index is 0.0633. The van der Waals surface area contributed by atoms with E-state index < -0.39 is 42.4 Å². The summed E-state index contributed by atoms with van der Waals surface area (Å²) in [5.74, 6) is -18.1. The van der Waals surface area contributed by atoms with Crippen LogP contribution >= 0.6 is 0 Å². The lowest BCUT2D eigenvalue weighted by Gasteiger charge is -2.34. The second-order valence-corrected chi connectivity index (χ2v) is 7.35. The van der Waals surface area contributed by atoms with Crippen molar-refractivity contribution in [2.24, 2.45) is 29.6 Å². The number of ether oxygens (including phenoxy) is 1. The van der Waals surface area contributed by atoms with Crippen LogP contribution in [-0.2, 0) is 9.53 Å². The van der Waals surface area contributed by atoms with Gasteiger partial charge in [-0.05, 0) is 43.4 Å². The lowest BCUT2D eigenvalue weighted by molar-refractivity contribution is -0.330. The van der Waals surface area contributed by atoms with E-state index in [0.29, 0.717) is 12.3 Å². The molecule has 2 aliphatic carbocycles. The molecule has 0 radical (unpaired) electrons. The van der Waals surface area contributed by atoms with Gasteiger partial charge in [-0.2, -0.15) is 26.3 Å². The summed E-state index contributed by atoms with van der Waals surface area (Å²) in [4.78, 5) is 12.0. The predicted octanol–water partition coefficient (Wildman–Crippen LogP) is 4.72. The van der Waals surface area contributed by atoms with Crippen molar-refractivity contribution in [3.05, 3.63) is 0 Å². The van der Waals surface area contributed by atoms with Crippen molar-refractivity contribution in [1.29, 1.82) is 0 Å². The number of rotatable bonds is 6. The Morgan fingerprint density at radius 2 is 1.64 bits per heavy atom. The zero-order valence-corrected chi connectivity index (χ0v) is 14.0. The van der Waals surface area contributed by atoms with E-state index in [2.05, 4.69) is 4.74 Å². The average Bonchev–Trinajstić information content (AvgIpc) is 3.05. The van der Waals surface area contributed by atoms with E-state index >= 15 is 0 Å². The third-order valence-electron chi connectivity index (χ3n) is 5.97. The van der Waals surface area contributed by atoms with E-state index in [1.165, 1.54) is 0 Å². The first-order valence-electron chi connectivity index (χ1n) is 8.18. The topological polar surface area (TPSA) is 26.3 Å². The molecule has 2 aliphatic rings. The molecule has 9 heteroatoms. The van der Waals surface area contributed by atoms with E-state index in [0.717, 1.165) is 6.42 Å². The van der Waals surface area contributed by atoms with Crippen LogP contribution in [0.5, 0.6) is 0 Å². The molecule has 25 heavy (non-hydrogen) atoms. The molecule has 0 aromatic heterocycles. The summed E-state index contributed by atoms with van der Waals surface area (Å²) in [5, 5.41) is 0. The van der Waals surface area contributed by atoms with Crippen molar-refractivity contribution >= 4 is 5.97 Å². The predicted molar refractivity (Wildman–Crippen MR) is 74.4 cm³/mol. The average molecular weight is 378 g/mol. The van der Waals surface area contributed by atoms with E-state index in [1.807, 2.05) is 13.8 Å². The van der Waals surface area contributed by atoms with Crippen molar-refractivity contribution in [3.8, 4) is 0 Å². The molecular weight excluding hydrogens is 357 g/mol. The van der Waals surface area contributed by atoms with Crippen molar-refractivity contribution in [3.63, 3.8) is 0 Å². The van der Waals surface area contributed by atoms with Crippen LogP contribution in [0.2, 0.25) is 0 Å². The number of carbonyl (C=O) groups is 1. The van der Waals surface area contributed by atoms with Crippen LogP contribution < -0.4 is 0 Å². The molecule has 0 N–H and O–H groups in total. The molecule has 2 rings (SSSR count). The van der Waals surface area contributed by atoms with E-state index in [9.17, 15) is 35.5 Å². The second-order valence-electron chi connectivity index (χ2n) is 7.35. The monoisotopic (exact) mass is 378 g/mol. The number of esters is 1. The molecule has 0 aromatic carbocycles. The Morgan fingerprint density at radius 1 is 1.08 bits per heavy atom. The first-order valence-corrected chi connectivity index (χ1v) is 8.18. The minimum atomic E-state index is -5.98. The highest BCUT2D eigenvalue weighted by atomic mass is 19.3. The van der Waals surface area contributed by atoms with E-state index in [-0.39, 0.29) is 24.7 Å². The van der Waals surface area contributed by atoms with Gasteiger partial charge in [0.05, 0.1) is 5.92 Å². The minimum Gasteiger partial charge on any atom is -0.459 e. The van der Waals surface area contributed by atoms with Crippen molar-refractivity contribution in [2.45, 2.75) is 57.6 Å². The maximum atomic E-state index is 13.6. The zero-order valence-electron chi connectivity index (χ0n) is 14.0. The van der Waals surface area contributed by atoms with Gasteiger partial charge >= 0.3 is 23.7 Å². The third-order valence-corrected chi connectivity index (χ3v) is 5.97. The highest BCUT2D eigenvalue weighted by molar-refractivity contribution is 5.73. The normalized spacial score (nSPS) is 34.2. The molecule has 2 fully saturated rings. The molecule has 0 spiro atoms. The quantitative estimate of drug-likeness (QED) is 0.494. The second kappa shape index (κ2) is 6.30. The lowest BCUT2D eigenvalue weighted by Crippen LogP contribution is -2.59. The Labute approximate surface area is 141 Å². The molecule has 6 atom stereocenters. The molecule has 0 aromatic rings. The van der Waals surface area contributed by atoms with Crippen LogP contribution in [0, 0.1) is 29.6 Å². The Bertz CT molecular complexity index is 519. The van der Waals surface area contributed by atoms with Crippen molar-refractivity contribution in [1.82, 2.24) is 0 Å². The maximum absolute atomic E-state index is 13.6. The van der Waals surface area contributed by atoms with Crippen molar-refractivity contribution < 1.29 is 40.3 Å². The van der Waals surface area contributed by atoms with Gasteiger partial charge in [0.2, 0.25) is 0 Å². The standard InChI is InChI=1S/C16H21F7O2/c1-7-8(2)11-4-10(7)5-12(11)13(24)25-6-14(18,19)16(22,23)15(20,21)9(3)17/h7-12H,4-6H2,1-3H3. The van der Waals surface area contributed by atoms with E-state index in [1.54, 1.807) is 0 Å². The van der Waals surface area contributed by atoms with Gasteiger partial charge in [0, 0.05) is 0 Å². The Balaban J connectivity index is 2.02. The van der Waals surface area contributed by atoms with E-state index in [4.69, 9.17) is 0 Å². The molecule has 146 valence electrons. The van der Waals surface area contributed by atoms with Gasteiger partial charge in [-0.1, -0.05) is 13.8 Å². The highest BCUT2D eigenvalue weighted by Gasteiger charge is 2.74. The van der Waals surface area contributed by atoms with Gasteiger partial charge in [-0.3, -0.25) is 4.79 Å². The summed E-state index contributed by atoms with van der Waals surface area (Å²) in [6, 6.07) is 0. The number of hydrogen-bond donors (Lipinski definition) is 0. The summed E-state index contributed by atoms with van der Waals surface area (Å²) in [6.07, 6.45) is -2.35. The Kier molecular flexibility index (Phi) is 5.11. The van der Waals surface area contributed by atoms with Gasteiger partial charge in [0.15, 0.2) is 12.8 Å². The number of fused-ring (bicyclic) bond motifs is 2. The summed E-state index contributed by atoms with van der Waals surface area (Å²) < 4.78 is 97.1. The molecule has 0 heterocycles. The zero-order chi connectivity index (χ0) is 19.4. The van der Waals surface area contributed by atoms with Gasteiger partial charge in [-0.15, -0.1) is 0 Å². The molecule has 6 unspecified atom stereocenters. The summed E-state index contributed by atoms with van der Waals surface area (Å²) in [6.45, 7) is 1.79. The molecular formula is C16H21F7O2. The third kappa shape index (κ3) is 3.12. The van der Waals surface area contributed by atoms with Crippen LogP contribution in [-0.4, -0.2) is 36.5 Å². The van der Waals surface area contributed by atoms with Crippen LogP contribution in [0.1, 0.15) is 33.6 Å². The largest absolute Gasteiger partial charge is 0.459 e. The number of hydrogen-bond acceptors (Lipinski definition) is 2. The van der Waals surface area contributed by atoms with Crippen LogP contribution in [0.3, 0.4) is 0 Å². The molecule has 2 bridgehead atoms. The lowest BCUT2D eigenvalue weighted by atomic mass is 9.76. The molecule has 0 aliphatic heterocycles. The van der Waals surface area contributed by atoms with Gasteiger partial charge in [0.1, 0.15) is 0 Å². The molecule has 2 nitrogen and oxygen atoms in total. The fourth-order valence-corrected chi connectivity index (χ4v) is 4.06. The number of alkyl halides is 7. The fourth-order valence-electron chi connectivity index (χ4n) is 4.06. The Hall–Kier alpha value is -1.02. The summed E-state index contributed by atoms with van der Waals surface area (Å²) >= 11 is 0. The fraction of sp³-hybridized carbons (Fsp3) is 0.938. The SMILES string of the molecule is CC1C2CC(C(=O)OCC(F)(F)C(F)(F)C(F)(F)C(C)F)C(C2)C1C. The molecule has 2 saturated carbocycles. The first-order chi connectivity index (χ1) is 11.2. The molecule has 0 saturated heterocycles. The van der Waals surface area contributed by atoms with Crippen LogP contribution in [0.4, 0.5) is 30.7 Å². The van der Waals surface area contributed by atoms with Gasteiger partial charge < -0.3 is 4.74 Å². The Morgan fingerprint density at radius 3 is 2.08 bits per heavy atom. The maximum Gasteiger partial charge on any atom is 0.378 e. The first kappa shape index (κ1) is 20.3.